The molecule has 1 amide bonds. The molecule has 23 heavy (non-hydrogen) atoms. The SMILES string of the molecule is Cc1noc2nc(C3CC3)cc(C(=O)OCC(=O)NC(C)C)c12. The second-order valence-electron chi connectivity index (χ2n) is 6.12. The molecule has 0 aliphatic heterocycles. The van der Waals surface area contributed by atoms with Crippen molar-refractivity contribution in [2.75, 3.05) is 6.61 Å². The minimum atomic E-state index is -0.565. The van der Waals surface area contributed by atoms with Crippen LogP contribution in [-0.2, 0) is 9.53 Å². The lowest BCUT2D eigenvalue weighted by atomic mass is 10.1. The van der Waals surface area contributed by atoms with Crippen molar-refractivity contribution in [1.29, 1.82) is 0 Å². The summed E-state index contributed by atoms with van der Waals surface area (Å²) in [5.41, 5.74) is 2.08. The summed E-state index contributed by atoms with van der Waals surface area (Å²) in [5, 5.41) is 7.09. The molecule has 0 saturated heterocycles. The Bertz CT molecular complexity index is 762. The Labute approximate surface area is 133 Å². The van der Waals surface area contributed by atoms with Gasteiger partial charge in [-0.25, -0.2) is 9.78 Å². The topological polar surface area (TPSA) is 94.3 Å². The molecule has 0 radical (unpaired) electrons. The Kier molecular flexibility index (Phi) is 4.02. The van der Waals surface area contributed by atoms with Gasteiger partial charge in [0.1, 0.15) is 0 Å². The normalized spacial score (nSPS) is 14.3. The lowest BCUT2D eigenvalue weighted by molar-refractivity contribution is -0.124. The van der Waals surface area contributed by atoms with E-state index in [-0.39, 0.29) is 18.6 Å². The number of carbonyl (C=O) groups excluding carboxylic acids is 2. The fourth-order valence-corrected chi connectivity index (χ4v) is 2.44. The van der Waals surface area contributed by atoms with E-state index in [2.05, 4.69) is 15.5 Å². The summed E-state index contributed by atoms with van der Waals surface area (Å²) in [7, 11) is 0. The number of ether oxygens (including phenoxy) is 1. The van der Waals surface area contributed by atoms with Crippen molar-refractivity contribution >= 4 is 23.0 Å². The molecule has 122 valence electrons. The number of hydrogen-bond acceptors (Lipinski definition) is 6. The third-order valence-corrected chi connectivity index (χ3v) is 3.64. The summed E-state index contributed by atoms with van der Waals surface area (Å²) in [6.07, 6.45) is 2.10. The molecule has 0 unspecified atom stereocenters. The predicted molar refractivity (Wildman–Crippen MR) is 82.1 cm³/mol. The summed E-state index contributed by atoms with van der Waals surface area (Å²) < 4.78 is 10.3. The van der Waals surface area contributed by atoms with Crippen LogP contribution in [0.2, 0.25) is 0 Å². The zero-order valence-corrected chi connectivity index (χ0v) is 13.4. The fraction of sp³-hybridized carbons (Fsp3) is 0.500. The number of carbonyl (C=O) groups is 2. The molecule has 1 saturated carbocycles. The maximum Gasteiger partial charge on any atom is 0.339 e. The van der Waals surface area contributed by atoms with Gasteiger partial charge in [0.25, 0.3) is 11.6 Å². The van der Waals surface area contributed by atoms with Gasteiger partial charge in [0.2, 0.25) is 0 Å². The average Bonchev–Trinajstić information content (AvgIpc) is 3.28. The van der Waals surface area contributed by atoms with Crippen LogP contribution in [0, 0.1) is 6.92 Å². The van der Waals surface area contributed by atoms with Gasteiger partial charge in [-0.3, -0.25) is 4.79 Å². The monoisotopic (exact) mass is 317 g/mol. The second kappa shape index (κ2) is 5.98. The Hall–Kier alpha value is -2.44. The first-order chi connectivity index (χ1) is 11.0. The first-order valence-corrected chi connectivity index (χ1v) is 7.69. The van der Waals surface area contributed by atoms with Crippen molar-refractivity contribution in [3.8, 4) is 0 Å². The van der Waals surface area contributed by atoms with E-state index in [1.54, 1.807) is 13.0 Å². The van der Waals surface area contributed by atoms with Crippen LogP contribution in [0.3, 0.4) is 0 Å². The second-order valence-corrected chi connectivity index (χ2v) is 6.12. The van der Waals surface area contributed by atoms with Crippen molar-refractivity contribution in [1.82, 2.24) is 15.5 Å². The molecule has 3 rings (SSSR count). The first-order valence-electron chi connectivity index (χ1n) is 7.69. The number of aryl methyl sites for hydroxylation is 1. The number of nitrogens with zero attached hydrogens (tertiary/aromatic N) is 2. The van der Waals surface area contributed by atoms with Crippen LogP contribution in [0.4, 0.5) is 0 Å². The van der Waals surface area contributed by atoms with Gasteiger partial charge in [-0.1, -0.05) is 5.16 Å². The highest BCUT2D eigenvalue weighted by Gasteiger charge is 2.29. The quantitative estimate of drug-likeness (QED) is 0.849. The number of esters is 1. The summed E-state index contributed by atoms with van der Waals surface area (Å²) in [4.78, 5) is 28.4. The van der Waals surface area contributed by atoms with E-state index in [1.807, 2.05) is 13.8 Å². The van der Waals surface area contributed by atoms with Crippen LogP contribution in [0.1, 0.15) is 54.4 Å². The molecule has 1 aliphatic carbocycles. The van der Waals surface area contributed by atoms with Crippen LogP contribution in [0.15, 0.2) is 10.6 Å². The standard InChI is InChI=1S/C16H19N3O4/c1-8(2)17-13(20)7-22-16(21)11-6-12(10-4-5-10)18-15-14(11)9(3)19-23-15/h6,8,10H,4-5,7H2,1-3H3,(H,17,20). The van der Waals surface area contributed by atoms with Crippen LogP contribution in [-0.4, -0.2) is 34.7 Å². The maximum absolute atomic E-state index is 12.4. The lowest BCUT2D eigenvalue weighted by Crippen LogP contribution is -2.34. The largest absolute Gasteiger partial charge is 0.452 e. The van der Waals surface area contributed by atoms with Crippen molar-refractivity contribution in [2.45, 2.75) is 45.6 Å². The van der Waals surface area contributed by atoms with Gasteiger partial charge in [0.15, 0.2) is 6.61 Å². The summed E-state index contributed by atoms with van der Waals surface area (Å²) >= 11 is 0. The van der Waals surface area contributed by atoms with Gasteiger partial charge < -0.3 is 14.6 Å². The van der Waals surface area contributed by atoms with Gasteiger partial charge in [-0.05, 0) is 39.7 Å². The van der Waals surface area contributed by atoms with E-state index in [1.165, 1.54) is 0 Å². The molecule has 0 spiro atoms. The van der Waals surface area contributed by atoms with Gasteiger partial charge in [-0.15, -0.1) is 0 Å². The zero-order valence-electron chi connectivity index (χ0n) is 13.4. The highest BCUT2D eigenvalue weighted by molar-refractivity contribution is 6.03. The highest BCUT2D eigenvalue weighted by Crippen LogP contribution is 2.40. The third-order valence-electron chi connectivity index (χ3n) is 3.64. The first kappa shape index (κ1) is 15.5. The van der Waals surface area contributed by atoms with Gasteiger partial charge in [-0.2, -0.15) is 0 Å². The number of aromatic nitrogens is 2. The molecule has 7 nitrogen and oxygen atoms in total. The highest BCUT2D eigenvalue weighted by atomic mass is 16.5. The van der Waals surface area contributed by atoms with Gasteiger partial charge >= 0.3 is 5.97 Å². The molecule has 1 aliphatic rings. The number of hydrogen-bond donors (Lipinski definition) is 1. The predicted octanol–water partition coefficient (Wildman–Crippen LogP) is 2.09. The minimum Gasteiger partial charge on any atom is -0.452 e. The Morgan fingerprint density at radius 2 is 2.17 bits per heavy atom. The van der Waals surface area contributed by atoms with Crippen molar-refractivity contribution in [3.63, 3.8) is 0 Å². The fourth-order valence-electron chi connectivity index (χ4n) is 2.44. The molecule has 1 fully saturated rings. The number of fused-ring (bicyclic) bond motifs is 1. The molecule has 1 N–H and O–H groups in total. The maximum atomic E-state index is 12.4. The van der Waals surface area contributed by atoms with Crippen molar-refractivity contribution in [2.24, 2.45) is 0 Å². The molecule has 7 heteroatoms. The van der Waals surface area contributed by atoms with Crippen LogP contribution < -0.4 is 5.32 Å². The molecular weight excluding hydrogens is 298 g/mol. The zero-order chi connectivity index (χ0) is 16.6. The molecule has 0 atom stereocenters. The van der Waals surface area contributed by atoms with Crippen LogP contribution in [0.25, 0.3) is 11.1 Å². The average molecular weight is 317 g/mol. The van der Waals surface area contributed by atoms with Crippen LogP contribution >= 0.6 is 0 Å². The summed E-state index contributed by atoms with van der Waals surface area (Å²) in [6, 6.07) is 1.72. The van der Waals surface area contributed by atoms with E-state index < -0.39 is 5.97 Å². The van der Waals surface area contributed by atoms with Crippen molar-refractivity contribution in [3.05, 3.63) is 23.0 Å². The molecule has 0 aromatic carbocycles. The molecule has 0 bridgehead atoms. The van der Waals surface area contributed by atoms with Crippen molar-refractivity contribution < 1.29 is 18.8 Å². The van der Waals surface area contributed by atoms with Gasteiger partial charge in [0.05, 0.1) is 16.6 Å². The molecule has 2 aromatic heterocycles. The van der Waals surface area contributed by atoms with E-state index in [0.717, 1.165) is 18.5 Å². The smallest absolute Gasteiger partial charge is 0.339 e. The molecule has 2 aromatic rings. The minimum absolute atomic E-state index is 0.00405. The molecular formula is C16H19N3O4. The summed E-state index contributed by atoms with van der Waals surface area (Å²) in [6.45, 7) is 5.11. The number of rotatable bonds is 5. The third kappa shape index (κ3) is 3.33. The summed E-state index contributed by atoms with van der Waals surface area (Å²) in [5.74, 6) is -0.534. The van der Waals surface area contributed by atoms with E-state index in [4.69, 9.17) is 9.26 Å². The lowest BCUT2D eigenvalue weighted by Gasteiger charge is -2.09. The van der Waals surface area contributed by atoms with Gasteiger partial charge in [0, 0.05) is 17.7 Å². The van der Waals surface area contributed by atoms with Crippen LogP contribution in [0.5, 0.6) is 0 Å². The Morgan fingerprint density at radius 3 is 2.83 bits per heavy atom. The number of pyridine rings is 1. The van der Waals surface area contributed by atoms with E-state index in [0.29, 0.717) is 28.3 Å². The van der Waals surface area contributed by atoms with E-state index >= 15 is 0 Å². The number of nitrogens with one attached hydrogen (secondary N) is 1. The van der Waals surface area contributed by atoms with E-state index in [9.17, 15) is 9.59 Å². The number of amides is 1. The Balaban J connectivity index is 1.84. The molecule has 2 heterocycles. The Morgan fingerprint density at radius 1 is 1.43 bits per heavy atom.